The predicted molar refractivity (Wildman–Crippen MR) is 40.5 cm³/mol. The molecule has 0 aliphatic carbocycles. The van der Waals surface area contributed by atoms with Crippen LogP contribution in [0.25, 0.3) is 5.14 Å². The van der Waals surface area contributed by atoms with Crippen LogP contribution < -0.4 is 51.4 Å². The molecular formula is C6H7KN2O2S. The zero-order valence-electron chi connectivity index (χ0n) is 6.90. The van der Waals surface area contributed by atoms with Gasteiger partial charge in [-0.15, -0.1) is 0 Å². The Morgan fingerprint density at radius 2 is 2.00 bits per heavy atom. The fourth-order valence-corrected chi connectivity index (χ4v) is 1.05. The van der Waals surface area contributed by atoms with Crippen molar-refractivity contribution < 1.29 is 59.8 Å². The average Bonchev–Trinajstić information content (AvgIpc) is 1.86. The van der Waals surface area contributed by atoms with Gasteiger partial charge in [-0.1, -0.05) is 6.07 Å². The summed E-state index contributed by atoms with van der Waals surface area (Å²) in [6.07, 6.45) is 1.42. The van der Waals surface area contributed by atoms with Gasteiger partial charge in [0.15, 0.2) is 0 Å². The molecule has 60 valence electrons. The zero-order valence-corrected chi connectivity index (χ0v) is 10.8. The monoisotopic (exact) mass is 210 g/mol. The number of nitrogens with one attached hydrogen (secondary N) is 1. The van der Waals surface area contributed by atoms with Gasteiger partial charge < -0.3 is 5.14 Å². The molecule has 0 aromatic carbocycles. The van der Waals surface area contributed by atoms with E-state index in [1.54, 1.807) is 13.0 Å². The average molecular weight is 210 g/mol. The van der Waals surface area contributed by atoms with Crippen LogP contribution in [0.4, 0.5) is 0 Å². The van der Waals surface area contributed by atoms with Crippen LogP contribution in [0.5, 0.6) is 0 Å². The molecule has 1 heterocycles. The fourth-order valence-electron chi connectivity index (χ4n) is 0.613. The number of aryl methyl sites for hydroxylation is 1. The SMILES string of the molecule is Cc1ccc(S([NH-])(=O)=O)nc1.[K+]. The summed E-state index contributed by atoms with van der Waals surface area (Å²) in [6.45, 7) is 1.80. The first-order chi connectivity index (χ1) is 5.00. The fraction of sp³-hybridized carbons (Fsp3) is 0.167. The molecule has 6 heteroatoms. The van der Waals surface area contributed by atoms with Crippen molar-refractivity contribution in [3.63, 3.8) is 0 Å². The maximum absolute atomic E-state index is 10.5. The standard InChI is InChI=1S/C6H7N2O2S.K/c1-5-2-3-6(8-4-5)11(7,9)10;/h2-4H,1H3,(H-,7,9,10);/q-1;+1. The summed E-state index contributed by atoms with van der Waals surface area (Å²) in [5, 5.41) is 6.45. The molecule has 4 nitrogen and oxygen atoms in total. The van der Waals surface area contributed by atoms with Gasteiger partial charge in [0.1, 0.15) is 15.0 Å². The number of sulfonamides is 1. The summed E-state index contributed by atoms with van der Waals surface area (Å²) in [7, 11) is -3.88. The molecule has 0 saturated heterocycles. The largest absolute Gasteiger partial charge is 1.00 e. The minimum atomic E-state index is -3.88. The third-order valence-corrected chi connectivity index (χ3v) is 1.95. The molecule has 1 aromatic heterocycles. The van der Waals surface area contributed by atoms with E-state index in [1.807, 2.05) is 0 Å². The molecule has 0 fully saturated rings. The smallest absolute Gasteiger partial charge is 0.558 e. The van der Waals surface area contributed by atoms with Crippen LogP contribution >= 0.6 is 0 Å². The Balaban J connectivity index is 0.00000121. The number of hydrogen-bond donors (Lipinski definition) is 0. The number of aromatic nitrogens is 1. The summed E-state index contributed by atoms with van der Waals surface area (Å²) in [5.74, 6) is 0. The van der Waals surface area contributed by atoms with Crippen molar-refractivity contribution in [2.45, 2.75) is 11.9 Å². The summed E-state index contributed by atoms with van der Waals surface area (Å²) in [6, 6.07) is 2.92. The van der Waals surface area contributed by atoms with Crippen molar-refractivity contribution in [2.75, 3.05) is 0 Å². The maximum Gasteiger partial charge on any atom is 1.00 e. The van der Waals surface area contributed by atoms with Gasteiger partial charge in [-0.3, -0.25) is 0 Å². The Hall–Kier alpha value is 0.696. The summed E-state index contributed by atoms with van der Waals surface area (Å²) >= 11 is 0. The predicted octanol–water partition coefficient (Wildman–Crippen LogP) is -1.87. The maximum atomic E-state index is 10.5. The third kappa shape index (κ3) is 3.61. The first-order valence-electron chi connectivity index (χ1n) is 2.92. The van der Waals surface area contributed by atoms with E-state index in [-0.39, 0.29) is 56.4 Å². The number of hydrogen-bond acceptors (Lipinski definition) is 3. The van der Waals surface area contributed by atoms with Crippen LogP contribution in [-0.4, -0.2) is 13.4 Å². The van der Waals surface area contributed by atoms with Crippen molar-refractivity contribution in [2.24, 2.45) is 0 Å². The van der Waals surface area contributed by atoms with Gasteiger partial charge in [0, 0.05) is 6.20 Å². The Kier molecular flexibility index (Phi) is 5.08. The van der Waals surface area contributed by atoms with Gasteiger partial charge in [0.05, 0.1) is 0 Å². The summed E-state index contributed by atoms with van der Waals surface area (Å²) < 4.78 is 21.1. The molecule has 0 atom stereocenters. The topological polar surface area (TPSA) is 70.8 Å². The number of pyridine rings is 1. The minimum Gasteiger partial charge on any atom is -0.558 e. The van der Waals surface area contributed by atoms with Crippen molar-refractivity contribution in [1.29, 1.82) is 0 Å². The van der Waals surface area contributed by atoms with Crippen molar-refractivity contribution >= 4 is 10.0 Å². The molecule has 0 saturated carbocycles. The Labute approximate surface area is 114 Å². The van der Waals surface area contributed by atoms with Crippen LogP contribution in [0.2, 0.25) is 0 Å². The first-order valence-corrected chi connectivity index (χ1v) is 4.41. The molecule has 12 heavy (non-hydrogen) atoms. The Bertz CT molecular complexity index is 346. The van der Waals surface area contributed by atoms with E-state index < -0.39 is 10.0 Å². The van der Waals surface area contributed by atoms with E-state index in [0.29, 0.717) is 0 Å². The van der Waals surface area contributed by atoms with Gasteiger partial charge in [-0.2, -0.15) is 0 Å². The second-order valence-electron chi connectivity index (χ2n) is 2.18. The van der Waals surface area contributed by atoms with Crippen LogP contribution in [-0.2, 0) is 10.0 Å². The van der Waals surface area contributed by atoms with Gasteiger partial charge >= 0.3 is 51.4 Å². The van der Waals surface area contributed by atoms with Gasteiger partial charge in [-0.25, -0.2) is 13.4 Å². The second-order valence-corrected chi connectivity index (χ2v) is 3.60. The van der Waals surface area contributed by atoms with E-state index in [0.717, 1.165) is 5.56 Å². The quantitative estimate of drug-likeness (QED) is 0.510. The first kappa shape index (κ1) is 12.7. The van der Waals surface area contributed by atoms with E-state index in [9.17, 15) is 8.42 Å². The Morgan fingerprint density at radius 3 is 2.33 bits per heavy atom. The second kappa shape index (κ2) is 4.80. The van der Waals surface area contributed by atoms with Crippen molar-refractivity contribution in [1.82, 2.24) is 4.98 Å². The molecule has 0 aliphatic heterocycles. The Morgan fingerprint density at radius 1 is 1.42 bits per heavy atom. The molecule has 0 amide bonds. The van der Waals surface area contributed by atoms with Gasteiger partial charge in [0.25, 0.3) is 0 Å². The van der Waals surface area contributed by atoms with Crippen molar-refractivity contribution in [3.8, 4) is 0 Å². The summed E-state index contributed by atoms with van der Waals surface area (Å²) in [4.78, 5) is 3.57. The molecule has 1 N–H and O–H groups in total. The molecule has 1 aromatic rings. The van der Waals surface area contributed by atoms with Crippen LogP contribution in [0.15, 0.2) is 23.4 Å². The normalized spacial score (nSPS) is 10.5. The molecule has 0 radical (unpaired) electrons. The molecule has 0 aliphatic rings. The van der Waals surface area contributed by atoms with E-state index in [2.05, 4.69) is 4.98 Å². The number of rotatable bonds is 1. The molecule has 0 spiro atoms. The van der Waals surface area contributed by atoms with Crippen LogP contribution in [0, 0.1) is 6.92 Å². The van der Waals surface area contributed by atoms with Crippen molar-refractivity contribution in [3.05, 3.63) is 29.0 Å². The van der Waals surface area contributed by atoms with Crippen LogP contribution in [0.1, 0.15) is 5.56 Å². The van der Waals surface area contributed by atoms with E-state index in [1.165, 1.54) is 12.3 Å². The molecule has 0 unspecified atom stereocenters. The van der Waals surface area contributed by atoms with E-state index in [4.69, 9.17) is 5.14 Å². The van der Waals surface area contributed by atoms with Crippen LogP contribution in [0.3, 0.4) is 0 Å². The van der Waals surface area contributed by atoms with Gasteiger partial charge in [-0.05, 0) is 18.6 Å². The zero-order chi connectivity index (χ0) is 8.48. The number of nitrogens with zero attached hydrogens (tertiary/aromatic N) is 1. The summed E-state index contributed by atoms with van der Waals surface area (Å²) in [5.41, 5.74) is 0.873. The molecule has 0 bridgehead atoms. The minimum absolute atomic E-state index is 0. The van der Waals surface area contributed by atoms with Gasteiger partial charge in [0.2, 0.25) is 0 Å². The third-order valence-electron chi connectivity index (χ3n) is 1.16. The molecule has 1 rings (SSSR count). The molecular weight excluding hydrogens is 203 g/mol. The van der Waals surface area contributed by atoms with E-state index >= 15 is 0 Å².